The zero-order valence-electron chi connectivity index (χ0n) is 10.2. The van der Waals surface area contributed by atoms with E-state index in [2.05, 4.69) is 15.0 Å². The Hall–Kier alpha value is -1.88. The molecule has 17 heavy (non-hydrogen) atoms. The van der Waals surface area contributed by atoms with Crippen molar-refractivity contribution < 1.29 is 0 Å². The van der Waals surface area contributed by atoms with Crippen molar-refractivity contribution >= 4 is 5.69 Å². The Balaban J connectivity index is 2.01. The molecule has 0 unspecified atom stereocenters. The third kappa shape index (κ3) is 2.82. The van der Waals surface area contributed by atoms with Crippen LogP contribution in [0.2, 0.25) is 0 Å². The molecule has 5 nitrogen and oxygen atoms in total. The van der Waals surface area contributed by atoms with Gasteiger partial charge in [-0.2, -0.15) is 5.10 Å². The van der Waals surface area contributed by atoms with E-state index in [1.54, 1.807) is 11.0 Å². The first-order chi connectivity index (χ1) is 8.16. The van der Waals surface area contributed by atoms with Crippen LogP contribution < -0.4 is 5.73 Å². The van der Waals surface area contributed by atoms with Gasteiger partial charge in [0.25, 0.3) is 0 Å². The van der Waals surface area contributed by atoms with Gasteiger partial charge < -0.3 is 5.73 Å². The standard InChI is InChI=1S/C12H17N5/c1-16(8-12-14-9-15-17(12)2)7-10-5-3-4-6-11(10)13/h3-6,9H,7-8,13H2,1-2H3. The van der Waals surface area contributed by atoms with Crippen LogP contribution in [0.5, 0.6) is 0 Å². The van der Waals surface area contributed by atoms with Crippen molar-refractivity contribution in [3.05, 3.63) is 42.0 Å². The summed E-state index contributed by atoms with van der Waals surface area (Å²) in [5.74, 6) is 0.946. The van der Waals surface area contributed by atoms with E-state index in [-0.39, 0.29) is 0 Å². The fourth-order valence-electron chi connectivity index (χ4n) is 1.73. The number of nitrogen functional groups attached to an aromatic ring is 1. The summed E-state index contributed by atoms with van der Waals surface area (Å²) < 4.78 is 1.78. The maximum Gasteiger partial charge on any atom is 0.140 e. The van der Waals surface area contributed by atoms with Gasteiger partial charge in [-0.1, -0.05) is 18.2 Å². The number of hydrogen-bond acceptors (Lipinski definition) is 4. The average Bonchev–Trinajstić information content (AvgIpc) is 2.68. The predicted octanol–water partition coefficient (Wildman–Crippen LogP) is 1.03. The van der Waals surface area contributed by atoms with Gasteiger partial charge in [-0.05, 0) is 18.7 Å². The van der Waals surface area contributed by atoms with Gasteiger partial charge in [-0.3, -0.25) is 9.58 Å². The summed E-state index contributed by atoms with van der Waals surface area (Å²) in [5, 5.41) is 4.05. The van der Waals surface area contributed by atoms with Crippen LogP contribution in [0.15, 0.2) is 30.6 Å². The molecule has 0 atom stereocenters. The second-order valence-electron chi connectivity index (χ2n) is 4.17. The normalized spacial score (nSPS) is 11.0. The number of rotatable bonds is 4. The minimum Gasteiger partial charge on any atom is -0.398 e. The Morgan fingerprint density at radius 2 is 2.06 bits per heavy atom. The highest BCUT2D eigenvalue weighted by Gasteiger charge is 2.07. The fourth-order valence-corrected chi connectivity index (χ4v) is 1.73. The van der Waals surface area contributed by atoms with E-state index in [4.69, 9.17) is 5.73 Å². The molecule has 1 heterocycles. The lowest BCUT2D eigenvalue weighted by molar-refractivity contribution is 0.306. The minimum atomic E-state index is 0.755. The SMILES string of the molecule is CN(Cc1ccccc1N)Cc1ncnn1C. The van der Waals surface area contributed by atoms with Crippen LogP contribution in [-0.2, 0) is 20.1 Å². The number of benzene rings is 1. The van der Waals surface area contributed by atoms with Crippen LogP contribution >= 0.6 is 0 Å². The third-order valence-electron chi connectivity index (χ3n) is 2.71. The van der Waals surface area contributed by atoms with E-state index < -0.39 is 0 Å². The Morgan fingerprint density at radius 3 is 2.71 bits per heavy atom. The number of aryl methyl sites for hydroxylation is 1. The van der Waals surface area contributed by atoms with Gasteiger partial charge in [-0.25, -0.2) is 4.98 Å². The topological polar surface area (TPSA) is 60.0 Å². The molecule has 0 bridgehead atoms. The van der Waals surface area contributed by atoms with Crippen molar-refractivity contribution in [2.75, 3.05) is 12.8 Å². The molecule has 0 radical (unpaired) electrons. The molecule has 1 aromatic carbocycles. The van der Waals surface area contributed by atoms with Gasteiger partial charge in [-0.15, -0.1) is 0 Å². The molecule has 5 heteroatoms. The number of para-hydroxylation sites is 1. The number of anilines is 1. The Kier molecular flexibility index (Phi) is 3.39. The Labute approximate surface area is 101 Å². The van der Waals surface area contributed by atoms with E-state index in [1.165, 1.54) is 0 Å². The molecule has 0 aliphatic rings. The van der Waals surface area contributed by atoms with Crippen molar-refractivity contribution in [1.82, 2.24) is 19.7 Å². The van der Waals surface area contributed by atoms with Crippen LogP contribution in [0.4, 0.5) is 5.69 Å². The lowest BCUT2D eigenvalue weighted by atomic mass is 10.2. The molecular weight excluding hydrogens is 214 g/mol. The highest BCUT2D eigenvalue weighted by atomic mass is 15.3. The van der Waals surface area contributed by atoms with Crippen molar-refractivity contribution in [3.8, 4) is 0 Å². The maximum atomic E-state index is 5.91. The number of aromatic nitrogens is 3. The monoisotopic (exact) mass is 231 g/mol. The lowest BCUT2D eigenvalue weighted by Crippen LogP contribution is -2.20. The molecule has 0 fully saturated rings. The van der Waals surface area contributed by atoms with Gasteiger partial charge in [0.05, 0.1) is 6.54 Å². The summed E-state index contributed by atoms with van der Waals surface area (Å²) in [4.78, 5) is 6.36. The second-order valence-corrected chi connectivity index (χ2v) is 4.17. The molecule has 1 aromatic heterocycles. The first-order valence-electron chi connectivity index (χ1n) is 5.51. The lowest BCUT2D eigenvalue weighted by Gasteiger charge is -2.17. The van der Waals surface area contributed by atoms with E-state index in [0.29, 0.717) is 0 Å². The zero-order chi connectivity index (χ0) is 12.3. The molecule has 2 rings (SSSR count). The van der Waals surface area contributed by atoms with Crippen molar-refractivity contribution in [2.45, 2.75) is 13.1 Å². The molecule has 90 valence electrons. The van der Waals surface area contributed by atoms with E-state index in [1.807, 2.05) is 38.4 Å². The zero-order valence-corrected chi connectivity index (χ0v) is 10.2. The number of nitrogens with zero attached hydrogens (tertiary/aromatic N) is 4. The van der Waals surface area contributed by atoms with E-state index in [0.717, 1.165) is 30.2 Å². The van der Waals surface area contributed by atoms with Crippen LogP contribution in [0, 0.1) is 0 Å². The van der Waals surface area contributed by atoms with Gasteiger partial charge in [0, 0.05) is 19.3 Å². The van der Waals surface area contributed by atoms with Crippen LogP contribution in [0.1, 0.15) is 11.4 Å². The molecule has 0 spiro atoms. The molecule has 0 aliphatic carbocycles. The van der Waals surface area contributed by atoms with Crippen molar-refractivity contribution in [2.24, 2.45) is 7.05 Å². The second kappa shape index (κ2) is 4.97. The summed E-state index contributed by atoms with van der Waals surface area (Å²) >= 11 is 0. The quantitative estimate of drug-likeness (QED) is 0.798. The average molecular weight is 231 g/mol. The predicted molar refractivity (Wildman–Crippen MR) is 67.0 cm³/mol. The molecule has 0 saturated heterocycles. The largest absolute Gasteiger partial charge is 0.398 e. The first kappa shape index (κ1) is 11.6. The minimum absolute atomic E-state index is 0.755. The Bertz CT molecular complexity index is 491. The van der Waals surface area contributed by atoms with Crippen molar-refractivity contribution in [3.63, 3.8) is 0 Å². The van der Waals surface area contributed by atoms with Crippen LogP contribution in [-0.4, -0.2) is 26.7 Å². The van der Waals surface area contributed by atoms with Gasteiger partial charge in [0.1, 0.15) is 12.2 Å². The number of hydrogen-bond donors (Lipinski definition) is 1. The molecule has 0 amide bonds. The smallest absolute Gasteiger partial charge is 0.140 e. The highest BCUT2D eigenvalue weighted by molar-refractivity contribution is 5.46. The van der Waals surface area contributed by atoms with Gasteiger partial charge >= 0.3 is 0 Å². The fraction of sp³-hybridized carbons (Fsp3) is 0.333. The summed E-state index contributed by atoms with van der Waals surface area (Å²) in [6.07, 6.45) is 1.57. The van der Waals surface area contributed by atoms with E-state index in [9.17, 15) is 0 Å². The molecular formula is C12H17N5. The van der Waals surface area contributed by atoms with Crippen molar-refractivity contribution in [1.29, 1.82) is 0 Å². The molecule has 2 aromatic rings. The summed E-state index contributed by atoms with van der Waals surface area (Å²) in [7, 11) is 3.94. The summed E-state index contributed by atoms with van der Waals surface area (Å²) in [6.45, 7) is 1.56. The Morgan fingerprint density at radius 1 is 1.29 bits per heavy atom. The van der Waals surface area contributed by atoms with Crippen LogP contribution in [0.3, 0.4) is 0 Å². The molecule has 2 N–H and O–H groups in total. The van der Waals surface area contributed by atoms with Gasteiger partial charge in [0.15, 0.2) is 0 Å². The summed E-state index contributed by atoms with van der Waals surface area (Å²) in [5.41, 5.74) is 7.88. The highest BCUT2D eigenvalue weighted by Crippen LogP contribution is 2.13. The third-order valence-corrected chi connectivity index (χ3v) is 2.71. The van der Waals surface area contributed by atoms with E-state index >= 15 is 0 Å². The molecule has 0 aliphatic heterocycles. The summed E-state index contributed by atoms with van der Waals surface area (Å²) in [6, 6.07) is 7.91. The van der Waals surface area contributed by atoms with Gasteiger partial charge in [0.2, 0.25) is 0 Å². The van der Waals surface area contributed by atoms with Crippen LogP contribution in [0.25, 0.3) is 0 Å². The number of nitrogens with two attached hydrogens (primary N) is 1. The maximum absolute atomic E-state index is 5.91. The first-order valence-corrected chi connectivity index (χ1v) is 5.51. The molecule has 0 saturated carbocycles.